The van der Waals surface area contributed by atoms with Gasteiger partial charge in [-0.3, -0.25) is 9.59 Å². The van der Waals surface area contributed by atoms with E-state index in [0.29, 0.717) is 36.3 Å². The van der Waals surface area contributed by atoms with E-state index < -0.39 is 11.5 Å². The van der Waals surface area contributed by atoms with E-state index in [-0.39, 0.29) is 35.8 Å². The Morgan fingerprint density at radius 1 is 1.24 bits per heavy atom. The molecule has 0 aromatic carbocycles. The molecule has 0 aliphatic heterocycles. The zero-order valence-electron chi connectivity index (χ0n) is 23.0. The zero-order valence-corrected chi connectivity index (χ0v) is 23.0. The van der Waals surface area contributed by atoms with Crippen LogP contribution in [0.1, 0.15) is 77.1 Å². The zero-order chi connectivity index (χ0) is 27.3. The van der Waals surface area contributed by atoms with Crippen molar-refractivity contribution in [2.75, 3.05) is 13.7 Å². The van der Waals surface area contributed by atoms with Crippen molar-refractivity contribution >= 4 is 24.1 Å². The van der Waals surface area contributed by atoms with Gasteiger partial charge in [0.15, 0.2) is 0 Å². The molecule has 2 saturated carbocycles. The fraction of sp³-hybridized carbons (Fsp3) is 0.704. The minimum atomic E-state index is -0.768. The van der Waals surface area contributed by atoms with E-state index in [1.54, 1.807) is 33.2 Å². The summed E-state index contributed by atoms with van der Waals surface area (Å²) >= 11 is 0. The van der Waals surface area contributed by atoms with Crippen molar-refractivity contribution in [3.05, 3.63) is 17.8 Å². The molecule has 5 atom stereocenters. The van der Waals surface area contributed by atoms with Crippen LogP contribution < -0.4 is 21.1 Å². The van der Waals surface area contributed by atoms with Crippen molar-refractivity contribution in [1.82, 2.24) is 20.4 Å². The third-order valence-corrected chi connectivity index (χ3v) is 7.55. The molecular formula is C27H43N5O5. The van der Waals surface area contributed by atoms with Gasteiger partial charge in [0.25, 0.3) is 5.91 Å². The number of rotatable bonds is 10. The number of amides is 3. The quantitative estimate of drug-likeness (QED) is 0.434. The van der Waals surface area contributed by atoms with E-state index in [4.69, 9.17) is 15.2 Å². The molecule has 10 nitrogen and oxygen atoms in total. The fourth-order valence-corrected chi connectivity index (χ4v) is 5.67. The van der Waals surface area contributed by atoms with Crippen LogP contribution in [0.5, 0.6) is 5.88 Å². The van der Waals surface area contributed by atoms with Crippen LogP contribution in [0, 0.1) is 29.1 Å². The van der Waals surface area contributed by atoms with Crippen LogP contribution >= 0.6 is 0 Å². The van der Waals surface area contributed by atoms with Gasteiger partial charge >= 0.3 is 6.09 Å². The summed E-state index contributed by atoms with van der Waals surface area (Å²) in [6.45, 7) is 10.2. The summed E-state index contributed by atoms with van der Waals surface area (Å²) in [4.78, 5) is 37.1. The second-order valence-electron chi connectivity index (χ2n) is 11.4. The number of aromatic nitrogens is 2. The van der Waals surface area contributed by atoms with E-state index in [1.165, 1.54) is 10.9 Å². The van der Waals surface area contributed by atoms with Crippen LogP contribution in [0.4, 0.5) is 4.79 Å². The van der Waals surface area contributed by atoms with Crippen molar-refractivity contribution in [2.24, 2.45) is 34.8 Å². The van der Waals surface area contributed by atoms with Gasteiger partial charge in [0, 0.05) is 19.3 Å². The molecule has 0 spiro atoms. The fourth-order valence-electron chi connectivity index (χ4n) is 5.67. The largest absolute Gasteiger partial charge is 0.477 e. The summed E-state index contributed by atoms with van der Waals surface area (Å²) in [5, 5.41) is 10.3. The van der Waals surface area contributed by atoms with Gasteiger partial charge in [-0.2, -0.15) is 5.10 Å². The highest BCUT2D eigenvalue weighted by Crippen LogP contribution is 2.45. The van der Waals surface area contributed by atoms with Crippen LogP contribution in [0.15, 0.2) is 12.3 Å². The number of primary amides is 1. The molecule has 10 heteroatoms. The topological polar surface area (TPSA) is 138 Å². The first-order chi connectivity index (χ1) is 17.4. The Hall–Kier alpha value is -3.04. The van der Waals surface area contributed by atoms with E-state index in [9.17, 15) is 14.4 Å². The van der Waals surface area contributed by atoms with Crippen molar-refractivity contribution in [1.29, 1.82) is 0 Å². The molecule has 206 valence electrons. The molecule has 0 radical (unpaired) electrons. The molecular weight excluding hydrogens is 474 g/mol. The highest BCUT2D eigenvalue weighted by molar-refractivity contribution is 5.96. The first kappa shape index (κ1) is 28.5. The molecule has 3 unspecified atom stereocenters. The van der Waals surface area contributed by atoms with Crippen molar-refractivity contribution in [3.8, 4) is 5.88 Å². The van der Waals surface area contributed by atoms with Gasteiger partial charge in [-0.25, -0.2) is 9.48 Å². The number of nitrogens with two attached hydrogens (primary N) is 1. The Morgan fingerprint density at radius 2 is 1.97 bits per heavy atom. The van der Waals surface area contributed by atoms with Crippen molar-refractivity contribution in [3.63, 3.8) is 0 Å². The number of hydrogen-bond donors (Lipinski definition) is 3. The average molecular weight is 518 g/mol. The molecule has 3 amide bonds. The smallest absolute Gasteiger partial charge is 0.404 e. The standard InChI is InChI=1S/C27H43N5O5/c1-7-18-10-17-11-19(13-20(12-17)37-26(28)35)22(18)31-23(33)21-14-30-32(24(21)36-15-16(2)3)9-8-27(4,5)25(34)29-6/h8-9,14,16-20,22H,7,10-13,15H2,1-6H3,(H2,28,35)(H,29,34)(H,31,33)/b9-8+/t17?,18?,19?,20-,22+/m0/s1. The minimum Gasteiger partial charge on any atom is -0.477 e. The molecule has 1 aromatic heterocycles. The molecule has 2 fully saturated rings. The first-order valence-corrected chi connectivity index (χ1v) is 13.3. The van der Waals surface area contributed by atoms with Crippen LogP contribution in [0.2, 0.25) is 0 Å². The highest BCUT2D eigenvalue weighted by Gasteiger charge is 2.44. The Labute approximate surface area is 219 Å². The predicted octanol–water partition coefficient (Wildman–Crippen LogP) is 3.57. The Kier molecular flexibility index (Phi) is 9.26. The molecule has 2 aliphatic rings. The van der Waals surface area contributed by atoms with Gasteiger partial charge in [-0.15, -0.1) is 0 Å². The number of hydrogen-bond acceptors (Lipinski definition) is 6. The first-order valence-electron chi connectivity index (χ1n) is 13.3. The van der Waals surface area contributed by atoms with Crippen LogP contribution in [-0.4, -0.2) is 53.5 Å². The monoisotopic (exact) mass is 517 g/mol. The third kappa shape index (κ3) is 7.05. The number of carbonyl (C=O) groups is 3. The molecule has 1 aromatic rings. The van der Waals surface area contributed by atoms with E-state index in [0.717, 1.165) is 25.7 Å². The molecule has 2 aliphatic carbocycles. The number of nitrogens with zero attached hydrogens (tertiary/aromatic N) is 2. The molecule has 2 bridgehead atoms. The SMILES string of the molecule is CCC1CC2CC(C[C@@H](OC(N)=O)C2)[C@@H]1NC(=O)c1cnn(/C=C/C(C)(C)C(=O)NC)c1OCC(C)C. The summed E-state index contributed by atoms with van der Waals surface area (Å²) in [5.74, 6) is 1.21. The van der Waals surface area contributed by atoms with Gasteiger partial charge < -0.3 is 25.8 Å². The van der Waals surface area contributed by atoms with Gasteiger partial charge in [-0.05, 0) is 63.2 Å². The summed E-state index contributed by atoms with van der Waals surface area (Å²) in [5.41, 5.74) is 4.86. The minimum absolute atomic E-state index is 0.0444. The van der Waals surface area contributed by atoms with Crippen LogP contribution in [0.3, 0.4) is 0 Å². The lowest BCUT2D eigenvalue weighted by Crippen LogP contribution is -2.52. The number of fused-ring (bicyclic) bond motifs is 2. The second kappa shape index (κ2) is 12.0. The maximum atomic E-state index is 13.6. The maximum absolute atomic E-state index is 13.6. The summed E-state index contributed by atoms with van der Waals surface area (Å²) in [6, 6.07) is -0.0444. The lowest BCUT2D eigenvalue weighted by atomic mass is 9.63. The number of carbonyl (C=O) groups excluding carboxylic acids is 3. The summed E-state index contributed by atoms with van der Waals surface area (Å²) in [6.07, 6.45) is 8.39. The van der Waals surface area contributed by atoms with Crippen LogP contribution in [-0.2, 0) is 9.53 Å². The van der Waals surface area contributed by atoms with E-state index >= 15 is 0 Å². The average Bonchev–Trinajstić information content (AvgIpc) is 3.24. The molecule has 1 heterocycles. The van der Waals surface area contributed by atoms with Gasteiger partial charge in [-0.1, -0.05) is 33.3 Å². The van der Waals surface area contributed by atoms with Crippen molar-refractivity contribution < 1.29 is 23.9 Å². The maximum Gasteiger partial charge on any atom is 0.404 e. The molecule has 0 saturated heterocycles. The molecule has 4 N–H and O–H groups in total. The van der Waals surface area contributed by atoms with Crippen LogP contribution in [0.25, 0.3) is 6.20 Å². The summed E-state index contributed by atoms with van der Waals surface area (Å²) in [7, 11) is 1.59. The lowest BCUT2D eigenvalue weighted by molar-refractivity contribution is -0.126. The Bertz CT molecular complexity index is 1000. The summed E-state index contributed by atoms with van der Waals surface area (Å²) < 4.78 is 12.9. The number of nitrogens with one attached hydrogen (secondary N) is 2. The predicted molar refractivity (Wildman–Crippen MR) is 141 cm³/mol. The Balaban J connectivity index is 1.84. The lowest BCUT2D eigenvalue weighted by Gasteiger charge is -2.47. The van der Waals surface area contributed by atoms with Crippen molar-refractivity contribution in [2.45, 2.75) is 78.9 Å². The van der Waals surface area contributed by atoms with Gasteiger partial charge in [0.1, 0.15) is 11.7 Å². The van der Waals surface area contributed by atoms with Gasteiger partial charge in [0.05, 0.1) is 18.2 Å². The Morgan fingerprint density at radius 3 is 2.59 bits per heavy atom. The molecule has 37 heavy (non-hydrogen) atoms. The second-order valence-corrected chi connectivity index (χ2v) is 11.4. The van der Waals surface area contributed by atoms with E-state index in [2.05, 4.69) is 22.7 Å². The molecule has 3 rings (SSSR count). The van der Waals surface area contributed by atoms with E-state index in [1.807, 2.05) is 13.8 Å². The third-order valence-electron chi connectivity index (χ3n) is 7.55. The van der Waals surface area contributed by atoms with Gasteiger partial charge in [0.2, 0.25) is 11.8 Å². The number of ether oxygens (including phenoxy) is 2. The highest BCUT2D eigenvalue weighted by atomic mass is 16.6. The normalized spacial score (nSPS) is 25.6.